The van der Waals surface area contributed by atoms with Crippen LogP contribution in [0.5, 0.6) is 5.75 Å². The summed E-state index contributed by atoms with van der Waals surface area (Å²) in [6.07, 6.45) is 0. The number of esters is 1. The van der Waals surface area contributed by atoms with Crippen LogP contribution in [0.3, 0.4) is 0 Å². The average molecular weight is 283 g/mol. The number of hydrogen-bond donors (Lipinski definition) is 1. The predicted molar refractivity (Wildman–Crippen MR) is 79.9 cm³/mol. The first-order valence-corrected chi connectivity index (χ1v) is 6.66. The summed E-state index contributed by atoms with van der Waals surface area (Å²) in [5.41, 5.74) is 1.92. The van der Waals surface area contributed by atoms with Crippen LogP contribution in [0.2, 0.25) is 0 Å². The van der Waals surface area contributed by atoms with E-state index < -0.39 is 0 Å². The maximum absolute atomic E-state index is 11.4. The summed E-state index contributed by atoms with van der Waals surface area (Å²) in [6, 6.07) is 16.6. The van der Waals surface area contributed by atoms with E-state index in [-0.39, 0.29) is 17.9 Å². The molecule has 0 aliphatic heterocycles. The number of nitrogens with one attached hydrogen (secondary N) is 1. The molecule has 0 aromatic heterocycles. The lowest BCUT2D eigenvalue weighted by Crippen LogP contribution is -2.26. The van der Waals surface area contributed by atoms with Crippen molar-refractivity contribution in [2.24, 2.45) is 0 Å². The highest BCUT2D eigenvalue weighted by Gasteiger charge is 2.15. The third kappa shape index (κ3) is 4.18. The largest absolute Gasteiger partial charge is 0.427 e. The molecule has 1 amide bonds. The molecule has 108 valence electrons. The topological polar surface area (TPSA) is 55.4 Å². The van der Waals surface area contributed by atoms with Crippen molar-refractivity contribution in [2.45, 2.75) is 19.9 Å². The van der Waals surface area contributed by atoms with Gasteiger partial charge in [0, 0.05) is 13.8 Å². The number of hydrogen-bond acceptors (Lipinski definition) is 3. The van der Waals surface area contributed by atoms with Crippen molar-refractivity contribution >= 4 is 11.9 Å². The number of ether oxygens (including phenoxy) is 1. The molecule has 4 nitrogen and oxygen atoms in total. The first-order chi connectivity index (χ1) is 10.1. The van der Waals surface area contributed by atoms with Crippen LogP contribution in [0.15, 0.2) is 54.6 Å². The van der Waals surface area contributed by atoms with Gasteiger partial charge in [0.15, 0.2) is 0 Å². The van der Waals surface area contributed by atoms with E-state index in [1.54, 1.807) is 12.1 Å². The minimum absolute atomic E-state index is 0.104. The van der Waals surface area contributed by atoms with Gasteiger partial charge in [-0.2, -0.15) is 0 Å². The molecule has 0 saturated heterocycles. The third-order valence-corrected chi connectivity index (χ3v) is 2.96. The Kier molecular flexibility index (Phi) is 4.72. The van der Waals surface area contributed by atoms with Gasteiger partial charge in [-0.15, -0.1) is 0 Å². The zero-order chi connectivity index (χ0) is 15.2. The molecule has 0 fully saturated rings. The van der Waals surface area contributed by atoms with Crippen molar-refractivity contribution in [1.82, 2.24) is 5.32 Å². The zero-order valence-electron chi connectivity index (χ0n) is 12.0. The van der Waals surface area contributed by atoms with E-state index in [1.807, 2.05) is 42.5 Å². The highest BCUT2D eigenvalue weighted by atomic mass is 16.5. The van der Waals surface area contributed by atoms with Crippen LogP contribution in [0.4, 0.5) is 0 Å². The van der Waals surface area contributed by atoms with Gasteiger partial charge in [0.05, 0.1) is 6.04 Å². The lowest BCUT2D eigenvalue weighted by Gasteiger charge is -2.19. The van der Waals surface area contributed by atoms with Crippen LogP contribution in [-0.4, -0.2) is 11.9 Å². The summed E-state index contributed by atoms with van der Waals surface area (Å²) in [4.78, 5) is 22.4. The highest BCUT2D eigenvalue weighted by molar-refractivity contribution is 5.74. The molecule has 4 heteroatoms. The van der Waals surface area contributed by atoms with E-state index >= 15 is 0 Å². The molecule has 21 heavy (non-hydrogen) atoms. The summed E-state index contributed by atoms with van der Waals surface area (Å²) in [5.74, 6) is 0.0259. The Labute approximate surface area is 123 Å². The Morgan fingerprint density at radius 1 is 0.905 bits per heavy atom. The molecule has 0 radical (unpaired) electrons. The van der Waals surface area contributed by atoms with Gasteiger partial charge in [0.25, 0.3) is 0 Å². The Balaban J connectivity index is 2.29. The van der Waals surface area contributed by atoms with Crippen molar-refractivity contribution in [3.05, 3.63) is 65.7 Å². The fourth-order valence-corrected chi connectivity index (χ4v) is 2.10. The van der Waals surface area contributed by atoms with Gasteiger partial charge >= 0.3 is 5.97 Å². The van der Waals surface area contributed by atoms with Crippen LogP contribution in [0.1, 0.15) is 31.0 Å². The minimum atomic E-state index is -0.357. The van der Waals surface area contributed by atoms with E-state index in [2.05, 4.69) is 5.32 Å². The molecular weight excluding hydrogens is 266 g/mol. The Morgan fingerprint density at radius 2 is 1.48 bits per heavy atom. The SMILES string of the molecule is CC(=O)N[C@@H](c1ccccc1)c1ccc(OC(C)=O)cc1. The van der Waals surface area contributed by atoms with E-state index in [0.29, 0.717) is 5.75 Å². The van der Waals surface area contributed by atoms with Crippen LogP contribution < -0.4 is 10.1 Å². The van der Waals surface area contributed by atoms with Gasteiger partial charge in [-0.3, -0.25) is 9.59 Å². The van der Waals surface area contributed by atoms with Crippen molar-refractivity contribution in [1.29, 1.82) is 0 Å². The average Bonchev–Trinajstić information content (AvgIpc) is 2.46. The smallest absolute Gasteiger partial charge is 0.308 e. The third-order valence-electron chi connectivity index (χ3n) is 2.96. The van der Waals surface area contributed by atoms with Crippen LogP contribution in [0.25, 0.3) is 0 Å². The van der Waals surface area contributed by atoms with Gasteiger partial charge in [0.2, 0.25) is 5.91 Å². The molecule has 0 bridgehead atoms. The number of rotatable bonds is 4. The van der Waals surface area contributed by atoms with E-state index in [1.165, 1.54) is 13.8 Å². The van der Waals surface area contributed by atoms with Gasteiger partial charge < -0.3 is 10.1 Å². The first kappa shape index (κ1) is 14.8. The molecule has 0 unspecified atom stereocenters. The molecule has 0 aliphatic rings. The number of carbonyl (C=O) groups excluding carboxylic acids is 2. The normalized spacial score (nSPS) is 11.5. The van der Waals surface area contributed by atoms with E-state index in [0.717, 1.165) is 11.1 Å². The van der Waals surface area contributed by atoms with E-state index in [9.17, 15) is 9.59 Å². The standard InChI is InChI=1S/C17H17NO3/c1-12(19)18-17(14-6-4-3-5-7-14)15-8-10-16(11-9-15)21-13(2)20/h3-11,17H,1-2H3,(H,18,19)/t17-/m0/s1. The lowest BCUT2D eigenvalue weighted by molar-refractivity contribution is -0.131. The van der Waals surface area contributed by atoms with Gasteiger partial charge in [0.1, 0.15) is 5.75 Å². The Bertz CT molecular complexity index is 620. The maximum Gasteiger partial charge on any atom is 0.308 e. The van der Waals surface area contributed by atoms with Crippen LogP contribution in [-0.2, 0) is 9.59 Å². The fourth-order valence-electron chi connectivity index (χ4n) is 2.10. The molecule has 2 aromatic carbocycles. The summed E-state index contributed by atoms with van der Waals surface area (Å²) in [6.45, 7) is 2.85. The number of amides is 1. The van der Waals surface area contributed by atoms with Crippen LogP contribution in [0, 0.1) is 0 Å². The maximum atomic E-state index is 11.4. The molecule has 1 atom stereocenters. The Morgan fingerprint density at radius 3 is 2.00 bits per heavy atom. The molecule has 2 rings (SSSR count). The summed E-state index contributed by atoms with van der Waals surface area (Å²) >= 11 is 0. The molecule has 2 aromatic rings. The predicted octanol–water partition coefficient (Wildman–Crippen LogP) is 2.84. The monoisotopic (exact) mass is 283 g/mol. The second kappa shape index (κ2) is 6.70. The minimum Gasteiger partial charge on any atom is -0.427 e. The molecule has 0 spiro atoms. The van der Waals surface area contributed by atoms with Crippen molar-refractivity contribution in [3.63, 3.8) is 0 Å². The van der Waals surface area contributed by atoms with Crippen molar-refractivity contribution < 1.29 is 14.3 Å². The van der Waals surface area contributed by atoms with Gasteiger partial charge in [-0.25, -0.2) is 0 Å². The molecule has 0 saturated carbocycles. The molecule has 0 aliphatic carbocycles. The van der Waals surface area contributed by atoms with Crippen molar-refractivity contribution in [3.8, 4) is 5.75 Å². The van der Waals surface area contributed by atoms with E-state index in [4.69, 9.17) is 4.74 Å². The zero-order valence-corrected chi connectivity index (χ0v) is 12.0. The second-order valence-electron chi connectivity index (χ2n) is 4.71. The molecular formula is C17H17NO3. The van der Waals surface area contributed by atoms with Crippen LogP contribution >= 0.6 is 0 Å². The lowest BCUT2D eigenvalue weighted by atomic mass is 9.98. The highest BCUT2D eigenvalue weighted by Crippen LogP contribution is 2.24. The van der Waals surface area contributed by atoms with Gasteiger partial charge in [-0.05, 0) is 23.3 Å². The molecule has 1 N–H and O–H groups in total. The second-order valence-corrected chi connectivity index (χ2v) is 4.71. The van der Waals surface area contributed by atoms with Crippen molar-refractivity contribution in [2.75, 3.05) is 0 Å². The Hall–Kier alpha value is -2.62. The first-order valence-electron chi connectivity index (χ1n) is 6.66. The summed E-state index contributed by atoms with van der Waals surface area (Å²) in [7, 11) is 0. The number of benzene rings is 2. The van der Waals surface area contributed by atoms with Gasteiger partial charge in [-0.1, -0.05) is 42.5 Å². The quantitative estimate of drug-likeness (QED) is 0.693. The molecule has 0 heterocycles. The fraction of sp³-hybridized carbons (Fsp3) is 0.176. The summed E-state index contributed by atoms with van der Waals surface area (Å²) in [5, 5.41) is 2.93. The summed E-state index contributed by atoms with van der Waals surface area (Å²) < 4.78 is 5.01. The number of carbonyl (C=O) groups is 2.